The van der Waals surface area contributed by atoms with Gasteiger partial charge in [0, 0.05) is 22.4 Å². The van der Waals surface area contributed by atoms with Crippen molar-refractivity contribution in [2.45, 2.75) is 26.8 Å². The van der Waals surface area contributed by atoms with Crippen molar-refractivity contribution in [1.82, 2.24) is 9.55 Å². The number of hydrogen-bond acceptors (Lipinski definition) is 5. The highest BCUT2D eigenvalue weighted by Gasteiger charge is 2.19. The van der Waals surface area contributed by atoms with Crippen LogP contribution in [0.4, 0.5) is 10.1 Å². The van der Waals surface area contributed by atoms with Gasteiger partial charge in [0.2, 0.25) is 5.91 Å². The molecule has 0 fully saturated rings. The van der Waals surface area contributed by atoms with E-state index in [0.717, 1.165) is 0 Å². The van der Waals surface area contributed by atoms with Crippen molar-refractivity contribution in [1.29, 1.82) is 0 Å². The summed E-state index contributed by atoms with van der Waals surface area (Å²) < 4.78 is 16.6. The molecule has 0 saturated heterocycles. The molecule has 0 aliphatic rings. The number of carbonyl (C=O) groups excluding carboxylic acids is 2. The molecule has 4 rings (SSSR count). The molecular formula is C22H18FN3O3S. The number of Topliss-reactive ketones (excluding diaryl/α,β-unsaturated/α-hetero) is 1. The fourth-order valence-electron chi connectivity index (χ4n) is 3.36. The van der Waals surface area contributed by atoms with Crippen LogP contribution in [0.1, 0.15) is 30.0 Å². The van der Waals surface area contributed by atoms with Crippen LogP contribution in [0, 0.1) is 5.82 Å². The summed E-state index contributed by atoms with van der Waals surface area (Å²) in [6, 6.07) is 11.3. The molecule has 0 radical (unpaired) electrons. The van der Waals surface area contributed by atoms with Crippen LogP contribution in [0.25, 0.3) is 20.3 Å². The standard InChI is InChI=1S/C22H18FN3O3S/c1-3-17-25-20-19-15(23)8-5-9-16(19)30-21(20)22(29)26(17)11-18(28)24-14-7-4-6-13(10-14)12(2)27/h4-10H,3,11H2,1-2H3,(H,24,28). The lowest BCUT2D eigenvalue weighted by Crippen LogP contribution is -2.30. The van der Waals surface area contributed by atoms with Gasteiger partial charge in [-0.3, -0.25) is 19.0 Å². The molecule has 2 heterocycles. The van der Waals surface area contributed by atoms with E-state index in [2.05, 4.69) is 10.3 Å². The maximum atomic E-state index is 14.3. The Morgan fingerprint density at radius 3 is 2.70 bits per heavy atom. The van der Waals surface area contributed by atoms with E-state index in [9.17, 15) is 18.8 Å². The molecule has 0 aliphatic carbocycles. The highest BCUT2D eigenvalue weighted by atomic mass is 32.1. The molecule has 1 amide bonds. The van der Waals surface area contributed by atoms with Crippen molar-refractivity contribution in [2.75, 3.05) is 5.32 Å². The van der Waals surface area contributed by atoms with Crippen LogP contribution in [0.2, 0.25) is 0 Å². The Kier molecular flexibility index (Phi) is 5.17. The maximum absolute atomic E-state index is 14.3. The maximum Gasteiger partial charge on any atom is 0.272 e. The Labute approximate surface area is 175 Å². The fourth-order valence-corrected chi connectivity index (χ4v) is 4.47. The summed E-state index contributed by atoms with van der Waals surface area (Å²) in [7, 11) is 0. The van der Waals surface area contributed by atoms with Gasteiger partial charge < -0.3 is 5.32 Å². The van der Waals surface area contributed by atoms with Crippen LogP contribution >= 0.6 is 11.3 Å². The number of nitrogens with zero attached hydrogens (tertiary/aromatic N) is 2. The number of rotatable bonds is 5. The van der Waals surface area contributed by atoms with Crippen LogP contribution in [-0.4, -0.2) is 21.2 Å². The summed E-state index contributed by atoms with van der Waals surface area (Å²) in [5.74, 6) is -0.542. The first-order chi connectivity index (χ1) is 14.4. The molecule has 2 aromatic carbocycles. The van der Waals surface area contributed by atoms with E-state index < -0.39 is 11.7 Å². The van der Waals surface area contributed by atoms with E-state index >= 15 is 0 Å². The number of benzene rings is 2. The molecule has 152 valence electrons. The summed E-state index contributed by atoms with van der Waals surface area (Å²) >= 11 is 1.17. The van der Waals surface area contributed by atoms with Crippen molar-refractivity contribution in [3.8, 4) is 0 Å². The number of ketones is 1. The first-order valence-corrected chi connectivity index (χ1v) is 10.2. The molecule has 0 aliphatic heterocycles. The Hall–Kier alpha value is -3.39. The summed E-state index contributed by atoms with van der Waals surface area (Å²) in [5, 5.41) is 3.05. The van der Waals surface area contributed by atoms with Crippen LogP contribution in [0.3, 0.4) is 0 Å². The number of amides is 1. The number of nitrogens with one attached hydrogen (secondary N) is 1. The van der Waals surface area contributed by atoms with Gasteiger partial charge in [0.1, 0.15) is 22.9 Å². The Balaban J connectivity index is 1.72. The third kappa shape index (κ3) is 3.50. The average molecular weight is 423 g/mol. The number of aromatic nitrogens is 2. The molecule has 1 N–H and O–H groups in total. The molecule has 30 heavy (non-hydrogen) atoms. The predicted octanol–water partition coefficient (Wildman–Crippen LogP) is 4.15. The van der Waals surface area contributed by atoms with Crippen LogP contribution in [0.15, 0.2) is 47.3 Å². The lowest BCUT2D eigenvalue weighted by Gasteiger charge is -2.12. The zero-order valence-corrected chi connectivity index (χ0v) is 17.2. The minimum atomic E-state index is -0.423. The zero-order valence-electron chi connectivity index (χ0n) is 16.4. The highest BCUT2D eigenvalue weighted by Crippen LogP contribution is 2.32. The minimum absolute atomic E-state index is 0.109. The molecule has 4 aromatic rings. The van der Waals surface area contributed by atoms with E-state index in [1.165, 1.54) is 28.9 Å². The lowest BCUT2D eigenvalue weighted by atomic mass is 10.1. The van der Waals surface area contributed by atoms with E-state index in [4.69, 9.17) is 0 Å². The summed E-state index contributed by atoms with van der Waals surface area (Å²) in [4.78, 5) is 41.8. The highest BCUT2D eigenvalue weighted by molar-refractivity contribution is 7.25. The van der Waals surface area contributed by atoms with E-state index in [0.29, 0.717) is 43.8 Å². The molecule has 0 atom stereocenters. The number of hydrogen-bond donors (Lipinski definition) is 1. The molecule has 0 saturated carbocycles. The summed E-state index contributed by atoms with van der Waals surface area (Å²) in [5.41, 5.74) is 0.914. The normalized spacial score (nSPS) is 11.2. The van der Waals surface area contributed by atoms with Crippen LogP contribution in [-0.2, 0) is 17.8 Å². The molecule has 8 heteroatoms. The number of fused-ring (bicyclic) bond motifs is 3. The second-order valence-electron chi connectivity index (χ2n) is 6.85. The molecule has 0 unspecified atom stereocenters. The molecular weight excluding hydrogens is 405 g/mol. The third-order valence-electron chi connectivity index (χ3n) is 4.80. The van der Waals surface area contributed by atoms with Gasteiger partial charge in [-0.2, -0.15) is 0 Å². The SMILES string of the molecule is CCc1nc2c(sc3cccc(F)c32)c(=O)n1CC(=O)Nc1cccc(C(C)=O)c1. The lowest BCUT2D eigenvalue weighted by molar-refractivity contribution is -0.116. The van der Waals surface area contributed by atoms with Gasteiger partial charge in [-0.1, -0.05) is 25.1 Å². The first-order valence-electron chi connectivity index (χ1n) is 9.40. The molecule has 2 aromatic heterocycles. The van der Waals surface area contributed by atoms with Crippen molar-refractivity contribution in [2.24, 2.45) is 0 Å². The number of halogens is 1. The molecule has 0 spiro atoms. The molecule has 6 nitrogen and oxygen atoms in total. The largest absolute Gasteiger partial charge is 0.325 e. The number of aryl methyl sites for hydroxylation is 1. The quantitative estimate of drug-likeness (QED) is 0.489. The van der Waals surface area contributed by atoms with Gasteiger partial charge in [-0.25, -0.2) is 9.37 Å². The van der Waals surface area contributed by atoms with E-state index in [-0.39, 0.29) is 17.9 Å². The van der Waals surface area contributed by atoms with Crippen molar-refractivity contribution >= 4 is 49.0 Å². The number of carbonyl (C=O) groups is 2. The topological polar surface area (TPSA) is 81.1 Å². The zero-order chi connectivity index (χ0) is 21.4. The van der Waals surface area contributed by atoms with Crippen molar-refractivity contribution in [3.05, 3.63) is 70.0 Å². The van der Waals surface area contributed by atoms with Crippen LogP contribution in [0.5, 0.6) is 0 Å². The Morgan fingerprint density at radius 2 is 1.97 bits per heavy atom. The predicted molar refractivity (Wildman–Crippen MR) is 116 cm³/mol. The summed E-state index contributed by atoms with van der Waals surface area (Å²) in [6.45, 7) is 3.04. The second-order valence-corrected chi connectivity index (χ2v) is 7.90. The van der Waals surface area contributed by atoms with Crippen LogP contribution < -0.4 is 10.9 Å². The Morgan fingerprint density at radius 1 is 1.20 bits per heavy atom. The van der Waals surface area contributed by atoms with Gasteiger partial charge in [0.25, 0.3) is 5.56 Å². The van der Waals surface area contributed by atoms with Crippen molar-refractivity contribution < 1.29 is 14.0 Å². The second kappa shape index (κ2) is 7.79. The van der Waals surface area contributed by atoms with E-state index in [1.54, 1.807) is 36.4 Å². The van der Waals surface area contributed by atoms with E-state index in [1.807, 2.05) is 6.92 Å². The third-order valence-corrected chi connectivity index (χ3v) is 5.93. The van der Waals surface area contributed by atoms with Gasteiger partial charge >= 0.3 is 0 Å². The average Bonchev–Trinajstić information content (AvgIpc) is 3.10. The van der Waals surface area contributed by atoms with Gasteiger partial charge in [0.05, 0.1) is 10.9 Å². The fraction of sp³-hybridized carbons (Fsp3) is 0.182. The number of thiophene rings is 1. The van der Waals surface area contributed by atoms with Gasteiger partial charge in [-0.15, -0.1) is 11.3 Å². The molecule has 0 bridgehead atoms. The Bertz CT molecular complexity index is 1370. The van der Waals surface area contributed by atoms with Gasteiger partial charge in [0.15, 0.2) is 5.78 Å². The van der Waals surface area contributed by atoms with Crippen molar-refractivity contribution in [3.63, 3.8) is 0 Å². The smallest absolute Gasteiger partial charge is 0.272 e. The minimum Gasteiger partial charge on any atom is -0.325 e. The first kappa shape index (κ1) is 19.9. The monoisotopic (exact) mass is 423 g/mol. The summed E-state index contributed by atoms with van der Waals surface area (Å²) in [6.07, 6.45) is 0.407. The number of anilines is 1. The van der Waals surface area contributed by atoms with Gasteiger partial charge in [-0.05, 0) is 31.2 Å².